The maximum atomic E-state index is 12.5. The number of benzene rings is 2. The number of methoxy groups -OCH3 is 1. The Morgan fingerprint density at radius 3 is 2.48 bits per heavy atom. The van der Waals surface area contributed by atoms with Crippen molar-refractivity contribution < 1.29 is 18.7 Å². The molecule has 1 heterocycles. The molecule has 10 heteroatoms. The van der Waals surface area contributed by atoms with E-state index in [1.165, 1.54) is 13.2 Å². The zero-order chi connectivity index (χ0) is 24.1. The van der Waals surface area contributed by atoms with Crippen LogP contribution in [0.3, 0.4) is 0 Å². The second-order valence-corrected chi connectivity index (χ2v) is 8.51. The van der Waals surface area contributed by atoms with Crippen molar-refractivity contribution in [3.8, 4) is 17.1 Å². The van der Waals surface area contributed by atoms with Crippen LogP contribution >= 0.6 is 35.4 Å². The van der Waals surface area contributed by atoms with Gasteiger partial charge in [0.15, 0.2) is 10.9 Å². The molecule has 0 bridgehead atoms. The summed E-state index contributed by atoms with van der Waals surface area (Å²) in [5.74, 6) is 0.0488. The first kappa shape index (κ1) is 24.6. The van der Waals surface area contributed by atoms with Crippen molar-refractivity contribution in [2.45, 2.75) is 13.8 Å². The number of ether oxygens (including phenoxy) is 1. The highest BCUT2D eigenvalue weighted by molar-refractivity contribution is 7.80. The summed E-state index contributed by atoms with van der Waals surface area (Å²) in [7, 11) is 1.49. The monoisotopic (exact) mass is 505 g/mol. The number of thiocarbonyl (C=S) groups is 1. The number of anilines is 2. The standard InChI is InChI=1S/C23H21Cl2N3O4S/c1-12(2)21(29)27-17-7-5-14(11-20(17)31-3)26-23(33)28-22(30)19-9-8-18(32-19)15-10-13(24)4-6-16(15)25/h4-12H,1-3H3,(H,27,29)(H2,26,28,30,33). The fourth-order valence-electron chi connectivity index (χ4n) is 2.77. The van der Waals surface area contributed by atoms with Crippen molar-refractivity contribution in [1.29, 1.82) is 0 Å². The van der Waals surface area contributed by atoms with Crippen LogP contribution in [-0.4, -0.2) is 24.0 Å². The highest BCUT2D eigenvalue weighted by atomic mass is 35.5. The van der Waals surface area contributed by atoms with Crippen molar-refractivity contribution in [3.05, 3.63) is 64.3 Å². The van der Waals surface area contributed by atoms with Gasteiger partial charge in [0.1, 0.15) is 11.5 Å². The van der Waals surface area contributed by atoms with Crippen LogP contribution in [0.1, 0.15) is 24.4 Å². The van der Waals surface area contributed by atoms with Gasteiger partial charge in [0.2, 0.25) is 5.91 Å². The zero-order valence-electron chi connectivity index (χ0n) is 18.0. The molecule has 3 N–H and O–H groups in total. The number of hydrogen-bond acceptors (Lipinski definition) is 5. The van der Waals surface area contributed by atoms with Gasteiger partial charge in [-0.25, -0.2) is 0 Å². The van der Waals surface area contributed by atoms with Gasteiger partial charge >= 0.3 is 0 Å². The van der Waals surface area contributed by atoms with Crippen LogP contribution in [0.25, 0.3) is 11.3 Å². The highest BCUT2D eigenvalue weighted by Gasteiger charge is 2.16. The second-order valence-electron chi connectivity index (χ2n) is 7.26. The van der Waals surface area contributed by atoms with Crippen molar-refractivity contribution in [2.75, 3.05) is 17.7 Å². The summed E-state index contributed by atoms with van der Waals surface area (Å²) in [6.45, 7) is 3.59. The Kier molecular flexibility index (Phi) is 7.97. The molecule has 2 aromatic carbocycles. The smallest absolute Gasteiger partial charge is 0.293 e. The van der Waals surface area contributed by atoms with E-state index in [-0.39, 0.29) is 22.7 Å². The third-order valence-electron chi connectivity index (χ3n) is 4.49. The quantitative estimate of drug-likeness (QED) is 0.356. The minimum absolute atomic E-state index is 0.0505. The third-order valence-corrected chi connectivity index (χ3v) is 5.26. The lowest BCUT2D eigenvalue weighted by Gasteiger charge is -2.14. The Hall–Kier alpha value is -3.07. The van der Waals surface area contributed by atoms with E-state index < -0.39 is 5.91 Å². The Morgan fingerprint density at radius 1 is 1.03 bits per heavy atom. The molecule has 1 aromatic heterocycles. The van der Waals surface area contributed by atoms with Crippen LogP contribution in [0.15, 0.2) is 52.9 Å². The number of amides is 2. The number of furan rings is 1. The van der Waals surface area contributed by atoms with E-state index in [1.807, 2.05) is 0 Å². The average Bonchev–Trinajstić information content (AvgIpc) is 3.26. The summed E-state index contributed by atoms with van der Waals surface area (Å²) in [6, 6.07) is 13.1. The molecule has 0 saturated carbocycles. The van der Waals surface area contributed by atoms with Crippen molar-refractivity contribution in [3.63, 3.8) is 0 Å². The molecule has 0 aliphatic heterocycles. The van der Waals surface area contributed by atoms with E-state index in [9.17, 15) is 9.59 Å². The molecule has 0 fully saturated rings. The maximum Gasteiger partial charge on any atom is 0.293 e. The Morgan fingerprint density at radius 2 is 1.79 bits per heavy atom. The van der Waals surface area contributed by atoms with E-state index in [2.05, 4.69) is 16.0 Å². The molecule has 33 heavy (non-hydrogen) atoms. The summed E-state index contributed by atoms with van der Waals surface area (Å²) in [6.07, 6.45) is 0. The lowest BCUT2D eigenvalue weighted by Crippen LogP contribution is -2.33. The van der Waals surface area contributed by atoms with Gasteiger partial charge in [-0.05, 0) is 54.7 Å². The molecule has 172 valence electrons. The highest BCUT2D eigenvalue weighted by Crippen LogP contribution is 2.32. The fraction of sp³-hybridized carbons (Fsp3) is 0.174. The van der Waals surface area contributed by atoms with E-state index in [4.69, 9.17) is 44.6 Å². The van der Waals surface area contributed by atoms with E-state index in [0.29, 0.717) is 38.5 Å². The number of carbonyl (C=O) groups is 2. The molecule has 0 atom stereocenters. The molecule has 0 spiro atoms. The number of carbonyl (C=O) groups excluding carboxylic acids is 2. The first-order chi connectivity index (χ1) is 15.7. The summed E-state index contributed by atoms with van der Waals surface area (Å²) in [5, 5.41) is 9.24. The van der Waals surface area contributed by atoms with E-state index in [0.717, 1.165) is 0 Å². The SMILES string of the molecule is COc1cc(NC(=S)NC(=O)c2ccc(-c3cc(Cl)ccc3Cl)o2)ccc1NC(=O)C(C)C. The molecule has 3 aromatic rings. The summed E-state index contributed by atoms with van der Waals surface area (Å²) >= 11 is 17.4. The van der Waals surface area contributed by atoms with Crippen LogP contribution in [0.4, 0.5) is 11.4 Å². The van der Waals surface area contributed by atoms with Crippen LogP contribution in [0, 0.1) is 5.92 Å². The largest absolute Gasteiger partial charge is 0.494 e. The lowest BCUT2D eigenvalue weighted by atomic mass is 10.2. The maximum absolute atomic E-state index is 12.5. The number of nitrogens with one attached hydrogen (secondary N) is 3. The second kappa shape index (κ2) is 10.7. The number of halogens is 2. The predicted molar refractivity (Wildman–Crippen MR) is 134 cm³/mol. The van der Waals surface area contributed by atoms with Gasteiger partial charge < -0.3 is 19.8 Å². The molecular weight excluding hydrogens is 485 g/mol. The Bertz CT molecular complexity index is 1210. The van der Waals surface area contributed by atoms with Gasteiger partial charge in [-0.15, -0.1) is 0 Å². The van der Waals surface area contributed by atoms with Crippen LogP contribution < -0.4 is 20.7 Å². The summed E-state index contributed by atoms with van der Waals surface area (Å²) in [4.78, 5) is 24.5. The topological polar surface area (TPSA) is 92.6 Å². The fourth-order valence-corrected chi connectivity index (χ4v) is 3.36. The van der Waals surface area contributed by atoms with Crippen molar-refractivity contribution in [1.82, 2.24) is 5.32 Å². The molecule has 0 aliphatic rings. The molecule has 3 rings (SSSR count). The first-order valence-corrected chi connectivity index (χ1v) is 11.0. The van der Waals surface area contributed by atoms with Crippen LogP contribution in [-0.2, 0) is 4.79 Å². The van der Waals surface area contributed by atoms with Gasteiger partial charge in [-0.3, -0.25) is 14.9 Å². The van der Waals surface area contributed by atoms with Gasteiger partial charge in [-0.1, -0.05) is 37.0 Å². The van der Waals surface area contributed by atoms with E-state index >= 15 is 0 Å². The predicted octanol–water partition coefficient (Wildman–Crippen LogP) is 5.98. The minimum atomic E-state index is -0.537. The molecule has 0 saturated heterocycles. The van der Waals surface area contributed by atoms with Gasteiger partial charge in [-0.2, -0.15) is 0 Å². The minimum Gasteiger partial charge on any atom is -0.494 e. The number of hydrogen-bond donors (Lipinski definition) is 3. The Balaban J connectivity index is 1.66. The number of rotatable bonds is 6. The van der Waals surface area contributed by atoms with Crippen molar-refractivity contribution >= 4 is 63.7 Å². The lowest BCUT2D eigenvalue weighted by molar-refractivity contribution is -0.118. The van der Waals surface area contributed by atoms with Crippen LogP contribution in [0.2, 0.25) is 10.0 Å². The normalized spacial score (nSPS) is 10.6. The first-order valence-electron chi connectivity index (χ1n) is 9.84. The van der Waals surface area contributed by atoms with Crippen LogP contribution in [0.5, 0.6) is 5.75 Å². The molecule has 0 unspecified atom stereocenters. The summed E-state index contributed by atoms with van der Waals surface area (Å²) < 4.78 is 11.0. The van der Waals surface area contributed by atoms with Crippen molar-refractivity contribution in [2.24, 2.45) is 5.92 Å². The van der Waals surface area contributed by atoms with Gasteiger partial charge in [0.05, 0.1) is 17.8 Å². The van der Waals surface area contributed by atoms with E-state index in [1.54, 1.807) is 56.3 Å². The third kappa shape index (κ3) is 6.25. The summed E-state index contributed by atoms with van der Waals surface area (Å²) in [5.41, 5.74) is 1.66. The Labute approximate surface area is 206 Å². The average molecular weight is 506 g/mol. The molecule has 7 nitrogen and oxygen atoms in total. The van der Waals surface area contributed by atoms with Gasteiger partial charge in [0, 0.05) is 28.3 Å². The zero-order valence-corrected chi connectivity index (χ0v) is 20.3. The molecule has 0 radical (unpaired) electrons. The molecular formula is C23H21Cl2N3O4S. The molecule has 2 amide bonds. The molecule has 0 aliphatic carbocycles. The van der Waals surface area contributed by atoms with Gasteiger partial charge in [0.25, 0.3) is 5.91 Å².